The fourth-order valence-corrected chi connectivity index (χ4v) is 1.94. The Balaban J connectivity index is 0.00000180. The van der Waals surface area contributed by atoms with Crippen molar-refractivity contribution in [3.63, 3.8) is 0 Å². The average molecular weight is 285 g/mol. The first kappa shape index (κ1) is 15.5. The van der Waals surface area contributed by atoms with E-state index in [0.717, 1.165) is 11.3 Å². The molecule has 0 bridgehead atoms. The Morgan fingerprint density at radius 3 is 2.53 bits per heavy atom. The summed E-state index contributed by atoms with van der Waals surface area (Å²) in [5.74, 6) is 0.298. The molecule has 1 aromatic carbocycles. The van der Waals surface area contributed by atoms with E-state index in [0.29, 0.717) is 12.8 Å². The molecule has 1 aliphatic heterocycles. The van der Waals surface area contributed by atoms with Gasteiger partial charge in [-0.25, -0.2) is 0 Å². The minimum atomic E-state index is -0.555. The molecular weight excluding hydrogens is 268 g/mol. The van der Waals surface area contributed by atoms with Gasteiger partial charge in [-0.15, -0.1) is 12.4 Å². The van der Waals surface area contributed by atoms with Crippen LogP contribution in [-0.2, 0) is 16.1 Å². The van der Waals surface area contributed by atoms with Gasteiger partial charge in [0.25, 0.3) is 0 Å². The molecule has 2 rings (SSSR count). The van der Waals surface area contributed by atoms with Crippen LogP contribution < -0.4 is 10.5 Å². The molecule has 6 heteroatoms. The largest absolute Gasteiger partial charge is 0.497 e. The molecule has 1 saturated heterocycles. The highest BCUT2D eigenvalue weighted by Gasteiger charge is 2.31. The second kappa shape index (κ2) is 6.54. The van der Waals surface area contributed by atoms with Gasteiger partial charge in [0.15, 0.2) is 0 Å². The summed E-state index contributed by atoms with van der Waals surface area (Å²) >= 11 is 0. The van der Waals surface area contributed by atoms with Crippen molar-refractivity contribution in [1.82, 2.24) is 4.90 Å². The molecule has 2 N–H and O–H groups in total. The summed E-state index contributed by atoms with van der Waals surface area (Å²) in [4.78, 5) is 24.8. The van der Waals surface area contributed by atoms with Crippen LogP contribution in [0.1, 0.15) is 18.4 Å². The first-order valence-electron chi connectivity index (χ1n) is 5.84. The van der Waals surface area contributed by atoms with E-state index in [4.69, 9.17) is 10.5 Å². The number of benzene rings is 1. The van der Waals surface area contributed by atoms with Gasteiger partial charge in [-0.05, 0) is 24.1 Å². The standard InChI is InChI=1S/C13H16N2O3.ClH/c1-18-10-4-2-9(3-5-10)8-15-12(16)7-6-11(14)13(15)17;/h2-5,11H,6-8,14H2,1H3;1H/t11-;/m1./s1. The molecule has 1 aliphatic rings. The molecule has 1 atom stereocenters. The lowest BCUT2D eigenvalue weighted by molar-refractivity contribution is -0.149. The van der Waals surface area contributed by atoms with Crippen molar-refractivity contribution in [2.75, 3.05) is 7.11 Å². The van der Waals surface area contributed by atoms with Crippen molar-refractivity contribution in [3.8, 4) is 5.75 Å². The van der Waals surface area contributed by atoms with E-state index in [9.17, 15) is 9.59 Å². The monoisotopic (exact) mass is 284 g/mol. The quantitative estimate of drug-likeness (QED) is 0.844. The zero-order valence-electron chi connectivity index (χ0n) is 10.7. The number of imide groups is 1. The summed E-state index contributed by atoms with van der Waals surface area (Å²) in [5, 5.41) is 0. The maximum atomic E-state index is 11.8. The van der Waals surface area contributed by atoms with E-state index in [1.165, 1.54) is 4.90 Å². The van der Waals surface area contributed by atoms with Crippen LogP contribution in [0.5, 0.6) is 5.75 Å². The molecule has 1 aromatic rings. The first-order valence-corrected chi connectivity index (χ1v) is 5.84. The minimum Gasteiger partial charge on any atom is -0.497 e. The maximum Gasteiger partial charge on any atom is 0.246 e. The zero-order valence-corrected chi connectivity index (χ0v) is 11.5. The Morgan fingerprint density at radius 1 is 1.32 bits per heavy atom. The molecule has 2 amide bonds. The number of nitrogens with two attached hydrogens (primary N) is 1. The molecular formula is C13H17ClN2O3. The third-order valence-corrected chi connectivity index (χ3v) is 3.05. The Kier molecular flexibility index (Phi) is 5.32. The summed E-state index contributed by atoms with van der Waals surface area (Å²) in [7, 11) is 1.59. The third kappa shape index (κ3) is 3.45. The van der Waals surface area contributed by atoms with Crippen LogP contribution in [0, 0.1) is 0 Å². The lowest BCUT2D eigenvalue weighted by atomic mass is 10.0. The summed E-state index contributed by atoms with van der Waals surface area (Å²) in [5.41, 5.74) is 6.55. The molecule has 1 heterocycles. The van der Waals surface area contributed by atoms with E-state index >= 15 is 0 Å². The molecule has 1 fully saturated rings. The van der Waals surface area contributed by atoms with Crippen molar-refractivity contribution in [1.29, 1.82) is 0 Å². The SMILES string of the molecule is COc1ccc(CN2C(=O)CC[C@@H](N)C2=O)cc1.Cl. The van der Waals surface area contributed by atoms with Crippen LogP contribution in [-0.4, -0.2) is 29.9 Å². The van der Waals surface area contributed by atoms with Crippen molar-refractivity contribution in [2.24, 2.45) is 5.73 Å². The van der Waals surface area contributed by atoms with Gasteiger partial charge in [0, 0.05) is 6.42 Å². The number of piperidine rings is 1. The van der Waals surface area contributed by atoms with E-state index < -0.39 is 6.04 Å². The van der Waals surface area contributed by atoms with E-state index in [-0.39, 0.29) is 30.8 Å². The fourth-order valence-electron chi connectivity index (χ4n) is 1.94. The van der Waals surface area contributed by atoms with E-state index in [1.54, 1.807) is 19.2 Å². The van der Waals surface area contributed by atoms with Gasteiger partial charge in [-0.3, -0.25) is 14.5 Å². The number of carbonyl (C=O) groups is 2. The van der Waals surface area contributed by atoms with Crippen LogP contribution in [0.25, 0.3) is 0 Å². The number of rotatable bonds is 3. The summed E-state index contributed by atoms with van der Waals surface area (Å²) in [6.07, 6.45) is 0.778. The number of hydrogen-bond acceptors (Lipinski definition) is 4. The summed E-state index contributed by atoms with van der Waals surface area (Å²) in [6, 6.07) is 6.71. The number of ether oxygens (including phenoxy) is 1. The van der Waals surface area contributed by atoms with Gasteiger partial charge in [-0.1, -0.05) is 12.1 Å². The molecule has 0 spiro atoms. The zero-order chi connectivity index (χ0) is 13.1. The van der Waals surface area contributed by atoms with Crippen molar-refractivity contribution < 1.29 is 14.3 Å². The second-order valence-electron chi connectivity index (χ2n) is 4.31. The number of methoxy groups -OCH3 is 1. The number of halogens is 1. The predicted molar refractivity (Wildman–Crippen MR) is 73.0 cm³/mol. The number of likely N-dealkylation sites (tertiary alicyclic amines) is 1. The molecule has 0 radical (unpaired) electrons. The van der Waals surface area contributed by atoms with Gasteiger partial charge >= 0.3 is 0 Å². The fraction of sp³-hybridized carbons (Fsp3) is 0.385. The normalized spacial score (nSPS) is 19.1. The smallest absolute Gasteiger partial charge is 0.246 e. The Hall–Kier alpha value is -1.59. The molecule has 19 heavy (non-hydrogen) atoms. The molecule has 104 valence electrons. The van der Waals surface area contributed by atoms with Crippen LogP contribution in [0.2, 0.25) is 0 Å². The highest BCUT2D eigenvalue weighted by Crippen LogP contribution is 2.17. The van der Waals surface area contributed by atoms with E-state index in [2.05, 4.69) is 0 Å². The average Bonchev–Trinajstić information content (AvgIpc) is 2.40. The maximum absolute atomic E-state index is 11.8. The topological polar surface area (TPSA) is 72.6 Å². The molecule has 0 aromatic heterocycles. The number of hydrogen-bond donors (Lipinski definition) is 1. The van der Waals surface area contributed by atoms with Crippen LogP contribution in [0.15, 0.2) is 24.3 Å². The highest BCUT2D eigenvalue weighted by atomic mass is 35.5. The Bertz CT molecular complexity index is 461. The second-order valence-corrected chi connectivity index (χ2v) is 4.31. The Morgan fingerprint density at radius 2 is 1.95 bits per heavy atom. The van der Waals surface area contributed by atoms with Crippen LogP contribution in [0.3, 0.4) is 0 Å². The van der Waals surface area contributed by atoms with Crippen molar-refractivity contribution in [2.45, 2.75) is 25.4 Å². The van der Waals surface area contributed by atoms with Crippen molar-refractivity contribution in [3.05, 3.63) is 29.8 Å². The Labute approximate surface area is 118 Å². The lowest BCUT2D eigenvalue weighted by Gasteiger charge is -2.28. The minimum absolute atomic E-state index is 0. The van der Waals surface area contributed by atoms with Gasteiger partial charge in [-0.2, -0.15) is 0 Å². The molecule has 0 unspecified atom stereocenters. The van der Waals surface area contributed by atoms with Gasteiger partial charge in [0.2, 0.25) is 11.8 Å². The van der Waals surface area contributed by atoms with Crippen LogP contribution in [0.4, 0.5) is 0 Å². The molecule has 0 saturated carbocycles. The lowest BCUT2D eigenvalue weighted by Crippen LogP contribution is -2.50. The van der Waals surface area contributed by atoms with Crippen LogP contribution >= 0.6 is 12.4 Å². The highest BCUT2D eigenvalue weighted by molar-refractivity contribution is 6.00. The number of amides is 2. The number of nitrogens with zero attached hydrogens (tertiary/aromatic N) is 1. The third-order valence-electron chi connectivity index (χ3n) is 3.05. The molecule has 5 nitrogen and oxygen atoms in total. The van der Waals surface area contributed by atoms with Gasteiger partial charge in [0.1, 0.15) is 5.75 Å². The summed E-state index contributed by atoms with van der Waals surface area (Å²) < 4.78 is 5.05. The van der Waals surface area contributed by atoms with Gasteiger partial charge in [0.05, 0.1) is 19.7 Å². The predicted octanol–water partition coefficient (Wildman–Crippen LogP) is 1.09. The molecule has 0 aliphatic carbocycles. The first-order chi connectivity index (χ1) is 8.61. The summed E-state index contributed by atoms with van der Waals surface area (Å²) in [6.45, 7) is 0.273. The van der Waals surface area contributed by atoms with Gasteiger partial charge < -0.3 is 10.5 Å². The van der Waals surface area contributed by atoms with Crippen molar-refractivity contribution >= 4 is 24.2 Å². The van der Waals surface area contributed by atoms with E-state index in [1.807, 2.05) is 12.1 Å². The number of carbonyl (C=O) groups excluding carboxylic acids is 2.